The molecule has 6 rings (SSSR count). The van der Waals surface area contributed by atoms with Gasteiger partial charge in [0.1, 0.15) is 63.1 Å². The Bertz CT molecular complexity index is 1940. The molecule has 4 aromatic carbocycles. The van der Waals surface area contributed by atoms with Gasteiger partial charge in [0.05, 0.1) is 26.2 Å². The van der Waals surface area contributed by atoms with E-state index in [0.29, 0.717) is 28.2 Å². The van der Waals surface area contributed by atoms with E-state index in [-0.39, 0.29) is 63.1 Å². The number of aromatic hydroxyl groups is 4. The Labute approximate surface area is 238 Å². The summed E-state index contributed by atoms with van der Waals surface area (Å²) < 4.78 is 22.9. The highest BCUT2D eigenvalue weighted by molar-refractivity contribution is 6.03. The van der Waals surface area contributed by atoms with Gasteiger partial charge in [-0.2, -0.15) is 0 Å². The molecule has 0 bridgehead atoms. The average Bonchev–Trinajstić information content (AvgIpc) is 2.96. The number of phenolic OH excluding ortho intramolecular Hbond substituents is 4. The van der Waals surface area contributed by atoms with Crippen LogP contribution in [0.5, 0.6) is 40.2 Å². The first-order chi connectivity index (χ1) is 20.2. The van der Waals surface area contributed by atoms with Crippen molar-refractivity contribution in [2.45, 2.75) is 12.5 Å². The molecular weight excluding hydrogens is 544 g/mol. The average molecular weight is 569 g/mol. The van der Waals surface area contributed by atoms with E-state index < -0.39 is 17.3 Å². The molecule has 0 radical (unpaired) electrons. The molecule has 1 aromatic heterocycles. The molecule has 0 spiro atoms. The standard InChI is InChI=1S/C32H24O10/c1-39-18-6-3-15(4-7-18)26-14-24(38)31-22(36)12-21(35)29(32(31)42-26)19-9-16(5-8-25(19)40-2)27-13-23(37)30-20(34)10-17(33)11-28(30)41-27/h3-12,14,27,33-36H,13H2,1-2H3/t27-/m0/s1. The fourth-order valence-corrected chi connectivity index (χ4v) is 5.19. The Morgan fingerprint density at radius 2 is 1.52 bits per heavy atom. The number of Topliss-reactive ketones (excluding diaryl/α,β-unsaturated/α-hetero) is 1. The Balaban J connectivity index is 1.53. The first kappa shape index (κ1) is 26.6. The van der Waals surface area contributed by atoms with Crippen LogP contribution in [-0.2, 0) is 0 Å². The maximum atomic E-state index is 13.2. The number of ketones is 1. The molecule has 10 nitrogen and oxygen atoms in total. The zero-order chi connectivity index (χ0) is 29.7. The van der Waals surface area contributed by atoms with Crippen LogP contribution in [0.25, 0.3) is 33.4 Å². The van der Waals surface area contributed by atoms with Crippen LogP contribution in [-0.4, -0.2) is 40.4 Å². The van der Waals surface area contributed by atoms with Gasteiger partial charge in [0, 0.05) is 35.4 Å². The van der Waals surface area contributed by atoms with Crippen LogP contribution in [0.2, 0.25) is 0 Å². The maximum absolute atomic E-state index is 13.2. The van der Waals surface area contributed by atoms with Gasteiger partial charge in [-0.25, -0.2) is 0 Å². The molecular formula is C32H24O10. The fourth-order valence-electron chi connectivity index (χ4n) is 5.19. The second kappa shape index (κ2) is 10.1. The lowest BCUT2D eigenvalue weighted by atomic mass is 9.92. The van der Waals surface area contributed by atoms with Crippen LogP contribution in [0.15, 0.2) is 75.9 Å². The zero-order valence-corrected chi connectivity index (χ0v) is 22.4. The SMILES string of the molecule is COc1ccc(-c2cc(=O)c3c(O)cc(O)c(-c4cc([C@@H]5CC(=O)c6c(O)cc(O)cc6O5)ccc4OC)c3o2)cc1. The molecule has 0 amide bonds. The number of carbonyl (C=O) groups is 1. The molecule has 1 aliphatic heterocycles. The van der Waals surface area contributed by atoms with Gasteiger partial charge >= 0.3 is 0 Å². The topological polar surface area (TPSA) is 156 Å². The molecule has 4 N–H and O–H groups in total. The van der Waals surface area contributed by atoms with Gasteiger partial charge in [-0.3, -0.25) is 9.59 Å². The Hall–Kier alpha value is -5.64. The van der Waals surface area contributed by atoms with Gasteiger partial charge in [-0.1, -0.05) is 6.07 Å². The molecule has 0 fully saturated rings. The minimum Gasteiger partial charge on any atom is -0.508 e. The second-order valence-corrected chi connectivity index (χ2v) is 9.73. The number of carbonyl (C=O) groups excluding carboxylic acids is 1. The van der Waals surface area contributed by atoms with Crippen LogP contribution in [0.1, 0.15) is 28.4 Å². The predicted octanol–water partition coefficient (Wildman–Crippen LogP) is 5.67. The van der Waals surface area contributed by atoms with Gasteiger partial charge in [0.15, 0.2) is 16.8 Å². The summed E-state index contributed by atoms with van der Waals surface area (Å²) in [6, 6.07) is 16.3. The van der Waals surface area contributed by atoms with Crippen molar-refractivity contribution >= 4 is 16.8 Å². The number of hydrogen-bond donors (Lipinski definition) is 4. The van der Waals surface area contributed by atoms with Crippen molar-refractivity contribution in [1.82, 2.24) is 0 Å². The quantitative estimate of drug-likeness (QED) is 0.208. The molecule has 0 saturated carbocycles. The first-order valence-electron chi connectivity index (χ1n) is 12.8. The number of hydrogen-bond acceptors (Lipinski definition) is 10. The molecule has 1 aliphatic rings. The molecule has 0 unspecified atom stereocenters. The zero-order valence-electron chi connectivity index (χ0n) is 22.4. The summed E-state index contributed by atoms with van der Waals surface area (Å²) in [5.41, 5.74) is 0.800. The van der Waals surface area contributed by atoms with Crippen LogP contribution in [0.4, 0.5) is 0 Å². The summed E-state index contributed by atoms with van der Waals surface area (Å²) in [6.07, 6.45) is -0.931. The van der Waals surface area contributed by atoms with Gasteiger partial charge in [0.25, 0.3) is 0 Å². The Morgan fingerprint density at radius 1 is 0.786 bits per heavy atom. The van der Waals surface area contributed by atoms with E-state index in [2.05, 4.69) is 0 Å². The van der Waals surface area contributed by atoms with E-state index in [4.69, 9.17) is 18.6 Å². The van der Waals surface area contributed by atoms with Gasteiger partial charge < -0.3 is 39.1 Å². The molecule has 0 aliphatic carbocycles. The smallest absolute Gasteiger partial charge is 0.197 e. The van der Waals surface area contributed by atoms with Crippen molar-refractivity contribution in [3.05, 3.63) is 88.1 Å². The summed E-state index contributed by atoms with van der Waals surface area (Å²) in [4.78, 5) is 26.2. The summed E-state index contributed by atoms with van der Waals surface area (Å²) in [7, 11) is 2.96. The van der Waals surface area contributed by atoms with Crippen molar-refractivity contribution in [3.8, 4) is 62.7 Å². The number of benzene rings is 4. The molecule has 212 valence electrons. The fraction of sp³-hybridized carbons (Fsp3) is 0.125. The normalized spacial score (nSPS) is 14.3. The minimum atomic E-state index is -0.816. The monoisotopic (exact) mass is 568 g/mol. The van der Waals surface area contributed by atoms with Crippen molar-refractivity contribution in [2.24, 2.45) is 0 Å². The van der Waals surface area contributed by atoms with Crippen LogP contribution >= 0.6 is 0 Å². The van der Waals surface area contributed by atoms with E-state index in [0.717, 1.165) is 12.1 Å². The van der Waals surface area contributed by atoms with Crippen LogP contribution in [0, 0.1) is 0 Å². The van der Waals surface area contributed by atoms with Crippen molar-refractivity contribution < 1.29 is 43.8 Å². The maximum Gasteiger partial charge on any atom is 0.197 e. The Kier molecular flexibility index (Phi) is 6.38. The largest absolute Gasteiger partial charge is 0.508 e. The van der Waals surface area contributed by atoms with E-state index in [1.165, 1.54) is 26.4 Å². The van der Waals surface area contributed by atoms with Crippen molar-refractivity contribution in [1.29, 1.82) is 0 Å². The number of methoxy groups -OCH3 is 2. The van der Waals surface area contributed by atoms with E-state index >= 15 is 0 Å². The highest BCUT2D eigenvalue weighted by atomic mass is 16.5. The van der Waals surface area contributed by atoms with E-state index in [1.54, 1.807) is 42.5 Å². The predicted molar refractivity (Wildman–Crippen MR) is 152 cm³/mol. The number of fused-ring (bicyclic) bond motifs is 2. The van der Waals surface area contributed by atoms with Crippen molar-refractivity contribution in [2.75, 3.05) is 14.2 Å². The second-order valence-electron chi connectivity index (χ2n) is 9.73. The summed E-state index contributed by atoms with van der Waals surface area (Å²) in [5, 5.41) is 41.6. The number of phenols is 4. The summed E-state index contributed by atoms with van der Waals surface area (Å²) in [5.74, 6) is -0.755. The van der Waals surface area contributed by atoms with Crippen LogP contribution < -0.4 is 19.6 Å². The first-order valence-corrected chi connectivity index (χ1v) is 12.8. The number of ether oxygens (including phenoxy) is 3. The van der Waals surface area contributed by atoms with E-state index in [9.17, 15) is 30.0 Å². The third-order valence-electron chi connectivity index (χ3n) is 7.18. The molecule has 5 aromatic rings. The van der Waals surface area contributed by atoms with Crippen LogP contribution in [0.3, 0.4) is 0 Å². The highest BCUT2D eigenvalue weighted by Crippen LogP contribution is 2.47. The summed E-state index contributed by atoms with van der Waals surface area (Å²) in [6.45, 7) is 0. The Morgan fingerprint density at radius 3 is 2.24 bits per heavy atom. The lowest BCUT2D eigenvalue weighted by Gasteiger charge is -2.27. The third kappa shape index (κ3) is 4.39. The molecule has 1 atom stereocenters. The van der Waals surface area contributed by atoms with Gasteiger partial charge in [-0.05, 0) is 42.0 Å². The summed E-state index contributed by atoms with van der Waals surface area (Å²) >= 11 is 0. The lowest BCUT2D eigenvalue weighted by molar-refractivity contribution is 0.0845. The molecule has 10 heteroatoms. The highest BCUT2D eigenvalue weighted by Gasteiger charge is 2.32. The number of rotatable bonds is 5. The lowest BCUT2D eigenvalue weighted by Crippen LogP contribution is -2.20. The molecule has 2 heterocycles. The molecule has 0 saturated heterocycles. The van der Waals surface area contributed by atoms with Crippen molar-refractivity contribution in [3.63, 3.8) is 0 Å². The van der Waals surface area contributed by atoms with Gasteiger partial charge in [0.2, 0.25) is 0 Å². The minimum absolute atomic E-state index is 0.0206. The van der Waals surface area contributed by atoms with E-state index in [1.807, 2.05) is 0 Å². The van der Waals surface area contributed by atoms with Gasteiger partial charge in [-0.15, -0.1) is 0 Å². The molecule has 42 heavy (non-hydrogen) atoms. The third-order valence-corrected chi connectivity index (χ3v) is 7.18.